The molecule has 0 atom stereocenters. The minimum absolute atomic E-state index is 0.0474. The van der Waals surface area contributed by atoms with Crippen LogP contribution in [0.25, 0.3) is 0 Å². The quantitative estimate of drug-likeness (QED) is 0.821. The number of carbonyl (C=O) groups excluding carboxylic acids is 1. The smallest absolute Gasteiger partial charge is 0.259 e. The number of anilines is 1. The zero-order chi connectivity index (χ0) is 14.9. The van der Waals surface area contributed by atoms with Crippen molar-refractivity contribution >= 4 is 46.4 Å². The van der Waals surface area contributed by atoms with Crippen molar-refractivity contribution in [2.75, 3.05) is 5.32 Å². The van der Waals surface area contributed by atoms with Gasteiger partial charge in [-0.05, 0) is 36.8 Å². The molecule has 3 nitrogen and oxygen atoms in total. The van der Waals surface area contributed by atoms with Crippen molar-refractivity contribution in [3.05, 3.63) is 56.5 Å². The third-order valence-electron chi connectivity index (χ3n) is 2.73. The highest BCUT2D eigenvalue weighted by atomic mass is 35.5. The zero-order valence-corrected chi connectivity index (χ0v) is 12.6. The molecule has 0 aliphatic carbocycles. The number of hydrogen-bond donors (Lipinski definition) is 2. The van der Waals surface area contributed by atoms with E-state index < -0.39 is 5.91 Å². The Kier molecular flexibility index (Phi) is 4.43. The number of nitrogens with one attached hydrogen (secondary N) is 1. The predicted octanol–water partition coefficient (Wildman–Crippen LogP) is 4.91. The Labute approximate surface area is 131 Å². The first kappa shape index (κ1) is 15.0. The van der Waals surface area contributed by atoms with Crippen LogP contribution in [-0.4, -0.2) is 11.0 Å². The molecule has 0 heterocycles. The highest BCUT2D eigenvalue weighted by Gasteiger charge is 2.16. The Balaban J connectivity index is 2.38. The summed E-state index contributed by atoms with van der Waals surface area (Å²) in [6.07, 6.45) is 0. The maximum absolute atomic E-state index is 12.2. The van der Waals surface area contributed by atoms with E-state index in [0.29, 0.717) is 20.8 Å². The summed E-state index contributed by atoms with van der Waals surface area (Å²) in [4.78, 5) is 12.2. The summed E-state index contributed by atoms with van der Waals surface area (Å²) < 4.78 is 0. The van der Waals surface area contributed by atoms with Gasteiger partial charge in [0.05, 0.1) is 21.3 Å². The van der Waals surface area contributed by atoms with Crippen molar-refractivity contribution in [3.8, 4) is 5.75 Å². The van der Waals surface area contributed by atoms with Gasteiger partial charge in [-0.15, -0.1) is 0 Å². The first-order valence-corrected chi connectivity index (χ1v) is 6.78. The molecule has 2 aromatic rings. The van der Waals surface area contributed by atoms with E-state index in [2.05, 4.69) is 5.32 Å². The summed E-state index contributed by atoms with van der Waals surface area (Å²) in [6.45, 7) is 1.80. The molecule has 0 aliphatic heterocycles. The van der Waals surface area contributed by atoms with Gasteiger partial charge in [-0.1, -0.05) is 40.9 Å². The van der Waals surface area contributed by atoms with Gasteiger partial charge in [0.1, 0.15) is 5.75 Å². The summed E-state index contributed by atoms with van der Waals surface area (Å²) >= 11 is 17.9. The average Bonchev–Trinajstić information content (AvgIpc) is 2.41. The van der Waals surface area contributed by atoms with Crippen LogP contribution in [0.1, 0.15) is 15.9 Å². The molecular weight excluding hydrogens is 321 g/mol. The minimum Gasteiger partial charge on any atom is -0.507 e. The van der Waals surface area contributed by atoms with Gasteiger partial charge in [-0.3, -0.25) is 4.79 Å². The van der Waals surface area contributed by atoms with Crippen molar-refractivity contribution in [2.24, 2.45) is 0 Å². The molecule has 1 amide bonds. The molecule has 0 spiro atoms. The molecule has 0 saturated heterocycles. The van der Waals surface area contributed by atoms with Crippen LogP contribution in [0.15, 0.2) is 30.3 Å². The third kappa shape index (κ3) is 3.01. The number of phenols is 1. The normalized spacial score (nSPS) is 10.4. The van der Waals surface area contributed by atoms with E-state index in [0.717, 1.165) is 5.56 Å². The minimum atomic E-state index is -0.542. The van der Waals surface area contributed by atoms with Crippen LogP contribution in [0.2, 0.25) is 15.1 Å². The van der Waals surface area contributed by atoms with E-state index >= 15 is 0 Å². The molecule has 0 fully saturated rings. The Morgan fingerprint density at radius 3 is 2.55 bits per heavy atom. The van der Waals surface area contributed by atoms with Crippen molar-refractivity contribution < 1.29 is 9.90 Å². The number of amides is 1. The molecular formula is C14H10Cl3NO2. The molecule has 6 heteroatoms. The van der Waals surface area contributed by atoms with E-state index in [-0.39, 0.29) is 11.3 Å². The Bertz CT molecular complexity index is 686. The average molecular weight is 331 g/mol. The van der Waals surface area contributed by atoms with Gasteiger partial charge in [0.15, 0.2) is 0 Å². The molecule has 0 aromatic heterocycles. The number of aryl methyl sites for hydroxylation is 1. The topological polar surface area (TPSA) is 49.3 Å². The first-order valence-electron chi connectivity index (χ1n) is 5.64. The van der Waals surface area contributed by atoms with Crippen LogP contribution in [0.4, 0.5) is 5.69 Å². The largest absolute Gasteiger partial charge is 0.507 e. The third-order valence-corrected chi connectivity index (χ3v) is 3.76. The van der Waals surface area contributed by atoms with Crippen molar-refractivity contribution in [3.63, 3.8) is 0 Å². The molecule has 2 N–H and O–H groups in total. The Morgan fingerprint density at radius 2 is 1.85 bits per heavy atom. The number of hydrogen-bond acceptors (Lipinski definition) is 2. The summed E-state index contributed by atoms with van der Waals surface area (Å²) in [5.74, 6) is -0.716. The lowest BCUT2D eigenvalue weighted by molar-refractivity contribution is 0.102. The molecule has 0 aliphatic rings. The van der Waals surface area contributed by atoms with Crippen molar-refractivity contribution in [2.45, 2.75) is 6.92 Å². The lowest BCUT2D eigenvalue weighted by atomic mass is 10.1. The van der Waals surface area contributed by atoms with Gasteiger partial charge in [0, 0.05) is 5.02 Å². The highest BCUT2D eigenvalue weighted by molar-refractivity contribution is 6.40. The molecule has 0 radical (unpaired) electrons. The monoisotopic (exact) mass is 329 g/mol. The van der Waals surface area contributed by atoms with Gasteiger partial charge >= 0.3 is 0 Å². The highest BCUT2D eigenvalue weighted by Crippen LogP contribution is 2.34. The van der Waals surface area contributed by atoms with Crippen molar-refractivity contribution in [1.82, 2.24) is 0 Å². The van der Waals surface area contributed by atoms with Gasteiger partial charge in [0.2, 0.25) is 0 Å². The summed E-state index contributed by atoms with van der Waals surface area (Å²) in [5, 5.41) is 13.3. The maximum atomic E-state index is 12.2. The van der Waals surface area contributed by atoms with Gasteiger partial charge in [0.25, 0.3) is 5.91 Å². The van der Waals surface area contributed by atoms with E-state index in [1.807, 2.05) is 0 Å². The second-order valence-electron chi connectivity index (χ2n) is 4.17. The van der Waals surface area contributed by atoms with Crippen LogP contribution in [-0.2, 0) is 0 Å². The lowest BCUT2D eigenvalue weighted by Crippen LogP contribution is -2.13. The standard InChI is InChI=1S/C14H10Cl3NO2/c1-7-2-4-10(16)13(12(7)17)18-14(20)9-6-8(15)3-5-11(9)19/h2-6,19H,1H3,(H,18,20). The second-order valence-corrected chi connectivity index (χ2v) is 5.39. The van der Waals surface area contributed by atoms with Crippen LogP contribution >= 0.6 is 34.8 Å². The van der Waals surface area contributed by atoms with E-state index in [1.54, 1.807) is 19.1 Å². The van der Waals surface area contributed by atoms with Crippen LogP contribution < -0.4 is 5.32 Å². The Hall–Kier alpha value is -1.42. The molecule has 0 unspecified atom stereocenters. The van der Waals surface area contributed by atoms with Crippen LogP contribution in [0.5, 0.6) is 5.75 Å². The maximum Gasteiger partial charge on any atom is 0.259 e. The number of benzene rings is 2. The molecule has 0 saturated carbocycles. The van der Waals surface area contributed by atoms with Gasteiger partial charge in [-0.2, -0.15) is 0 Å². The lowest BCUT2D eigenvalue weighted by Gasteiger charge is -2.12. The number of halogens is 3. The fourth-order valence-electron chi connectivity index (χ4n) is 1.64. The first-order chi connectivity index (χ1) is 9.40. The molecule has 20 heavy (non-hydrogen) atoms. The SMILES string of the molecule is Cc1ccc(Cl)c(NC(=O)c2cc(Cl)ccc2O)c1Cl. The van der Waals surface area contributed by atoms with Crippen LogP contribution in [0, 0.1) is 6.92 Å². The van der Waals surface area contributed by atoms with E-state index in [1.165, 1.54) is 18.2 Å². The summed E-state index contributed by atoms with van der Waals surface area (Å²) in [7, 11) is 0. The van der Waals surface area contributed by atoms with Crippen molar-refractivity contribution in [1.29, 1.82) is 0 Å². The molecule has 0 bridgehead atoms. The van der Waals surface area contributed by atoms with Crippen LogP contribution in [0.3, 0.4) is 0 Å². The predicted molar refractivity (Wildman–Crippen MR) is 82.3 cm³/mol. The van der Waals surface area contributed by atoms with Gasteiger partial charge in [-0.25, -0.2) is 0 Å². The Morgan fingerprint density at radius 1 is 1.15 bits per heavy atom. The summed E-state index contributed by atoms with van der Waals surface area (Å²) in [6, 6.07) is 7.58. The number of carbonyl (C=O) groups is 1. The zero-order valence-electron chi connectivity index (χ0n) is 10.4. The molecule has 2 aromatic carbocycles. The number of aromatic hydroxyl groups is 1. The van der Waals surface area contributed by atoms with Gasteiger partial charge < -0.3 is 10.4 Å². The molecule has 104 valence electrons. The fraction of sp³-hybridized carbons (Fsp3) is 0.0714. The second kappa shape index (κ2) is 5.92. The summed E-state index contributed by atoms with van der Waals surface area (Å²) in [5.41, 5.74) is 1.13. The van der Waals surface area contributed by atoms with E-state index in [4.69, 9.17) is 34.8 Å². The fourth-order valence-corrected chi connectivity index (χ4v) is 2.28. The number of phenolic OH excluding ortho intramolecular Hbond substituents is 1. The van der Waals surface area contributed by atoms with E-state index in [9.17, 15) is 9.90 Å². The molecule has 2 rings (SSSR count). The number of rotatable bonds is 2.